The molecule has 1 amide bonds. The highest BCUT2D eigenvalue weighted by Gasteiger charge is 2.15. The summed E-state index contributed by atoms with van der Waals surface area (Å²) >= 11 is 3.03. The van der Waals surface area contributed by atoms with Crippen LogP contribution in [0.4, 0.5) is 5.69 Å². The molecule has 0 radical (unpaired) electrons. The molecule has 0 atom stereocenters. The van der Waals surface area contributed by atoms with Crippen LogP contribution >= 0.6 is 15.9 Å². The molecular weight excluding hydrogens is 352 g/mol. The lowest BCUT2D eigenvalue weighted by atomic mass is 10.2. The average Bonchev–Trinajstić information content (AvgIpc) is 2.33. The molecular formula is C11H13BrN2O5S. The first-order chi connectivity index (χ1) is 9.20. The molecule has 1 aromatic rings. The number of nitro benzene ring substituents is 1. The van der Waals surface area contributed by atoms with Gasteiger partial charge in [0.25, 0.3) is 11.6 Å². The molecule has 0 aliphatic carbocycles. The molecule has 1 aromatic carbocycles. The van der Waals surface area contributed by atoms with Crippen molar-refractivity contribution in [2.24, 2.45) is 0 Å². The zero-order chi connectivity index (χ0) is 15.3. The van der Waals surface area contributed by atoms with E-state index in [1.807, 2.05) is 0 Å². The maximum absolute atomic E-state index is 11.8. The number of hydrogen-bond acceptors (Lipinski definition) is 5. The second kappa shape index (κ2) is 6.80. The minimum atomic E-state index is -3.06. The Kier molecular flexibility index (Phi) is 5.63. The molecule has 0 spiro atoms. The van der Waals surface area contributed by atoms with E-state index < -0.39 is 20.7 Å². The number of nitrogens with one attached hydrogen (secondary N) is 1. The maximum Gasteiger partial charge on any atom is 0.284 e. The molecule has 0 saturated heterocycles. The first-order valence-corrected chi connectivity index (χ1v) is 8.46. The van der Waals surface area contributed by atoms with Crippen molar-refractivity contribution in [3.05, 3.63) is 38.3 Å². The molecule has 20 heavy (non-hydrogen) atoms. The zero-order valence-corrected chi connectivity index (χ0v) is 13.0. The third-order valence-electron chi connectivity index (χ3n) is 2.38. The van der Waals surface area contributed by atoms with Crippen LogP contribution in [0.25, 0.3) is 0 Å². The molecule has 7 nitrogen and oxygen atoms in total. The number of sulfone groups is 1. The molecule has 9 heteroatoms. The molecule has 0 saturated carbocycles. The van der Waals surface area contributed by atoms with Gasteiger partial charge in [-0.15, -0.1) is 0 Å². The fourth-order valence-corrected chi connectivity index (χ4v) is 2.49. The van der Waals surface area contributed by atoms with Crippen LogP contribution in [-0.4, -0.2) is 37.8 Å². The Balaban J connectivity index is 2.64. The molecule has 0 unspecified atom stereocenters. The first kappa shape index (κ1) is 16.6. The van der Waals surface area contributed by atoms with Crippen molar-refractivity contribution in [1.82, 2.24) is 5.32 Å². The normalized spacial score (nSPS) is 11.1. The van der Waals surface area contributed by atoms with Gasteiger partial charge in [-0.05, 0) is 34.5 Å². The quantitative estimate of drug-likeness (QED) is 0.467. The Bertz CT molecular complexity index is 630. The maximum atomic E-state index is 11.8. The fourth-order valence-electron chi connectivity index (χ4n) is 1.43. The number of benzene rings is 1. The summed E-state index contributed by atoms with van der Waals surface area (Å²) in [5, 5.41) is 13.3. The lowest BCUT2D eigenvalue weighted by Crippen LogP contribution is -2.25. The highest BCUT2D eigenvalue weighted by atomic mass is 79.9. The van der Waals surface area contributed by atoms with Gasteiger partial charge in [-0.3, -0.25) is 14.9 Å². The average molecular weight is 365 g/mol. The number of nitro groups is 1. The van der Waals surface area contributed by atoms with E-state index in [9.17, 15) is 23.3 Å². The largest absolute Gasteiger partial charge is 0.352 e. The summed E-state index contributed by atoms with van der Waals surface area (Å²) in [6.45, 7) is 0.190. The number of rotatable bonds is 6. The predicted molar refractivity (Wildman–Crippen MR) is 77.5 cm³/mol. The Hall–Kier alpha value is -1.48. The summed E-state index contributed by atoms with van der Waals surface area (Å²) in [6, 6.07) is 4.03. The highest BCUT2D eigenvalue weighted by molar-refractivity contribution is 9.10. The lowest BCUT2D eigenvalue weighted by molar-refractivity contribution is -0.385. The summed E-state index contributed by atoms with van der Waals surface area (Å²) in [5.41, 5.74) is -0.0481. The Morgan fingerprint density at radius 3 is 2.65 bits per heavy atom. The molecule has 0 bridgehead atoms. The van der Waals surface area contributed by atoms with Crippen LogP contribution < -0.4 is 5.32 Å². The number of carbonyl (C=O) groups is 1. The van der Waals surface area contributed by atoms with E-state index in [4.69, 9.17) is 0 Å². The van der Waals surface area contributed by atoms with Crippen LogP contribution in [0.1, 0.15) is 16.8 Å². The minimum absolute atomic E-state index is 0.0201. The van der Waals surface area contributed by atoms with Crippen molar-refractivity contribution in [2.75, 3.05) is 18.6 Å². The topological polar surface area (TPSA) is 106 Å². The zero-order valence-electron chi connectivity index (χ0n) is 10.6. The molecule has 0 aliphatic rings. The third kappa shape index (κ3) is 5.25. The van der Waals surface area contributed by atoms with E-state index >= 15 is 0 Å². The van der Waals surface area contributed by atoms with Crippen LogP contribution in [0.15, 0.2) is 22.7 Å². The van der Waals surface area contributed by atoms with Crippen molar-refractivity contribution in [3.8, 4) is 0 Å². The summed E-state index contributed by atoms with van der Waals surface area (Å²) < 4.78 is 22.1. The number of halogens is 1. The summed E-state index contributed by atoms with van der Waals surface area (Å²) in [4.78, 5) is 21.9. The van der Waals surface area contributed by atoms with Gasteiger partial charge in [0.2, 0.25) is 0 Å². The van der Waals surface area contributed by atoms with Gasteiger partial charge in [-0.2, -0.15) is 0 Å². The standard InChI is InChI=1S/C11H13BrN2O5S/c1-20(18,19)6-2-5-13-11(15)8-3-4-9(12)10(7-8)14(16)17/h3-4,7H,2,5-6H2,1H3,(H,13,15). The van der Waals surface area contributed by atoms with Gasteiger partial charge in [-0.25, -0.2) is 8.42 Å². The van der Waals surface area contributed by atoms with Crippen LogP contribution in [0.3, 0.4) is 0 Å². The smallest absolute Gasteiger partial charge is 0.284 e. The molecule has 0 fully saturated rings. The SMILES string of the molecule is CS(=O)(=O)CCCNC(=O)c1ccc(Br)c([N+](=O)[O-])c1. The van der Waals surface area contributed by atoms with Crippen molar-refractivity contribution >= 4 is 37.4 Å². The second-order valence-electron chi connectivity index (χ2n) is 4.16. The van der Waals surface area contributed by atoms with Crippen molar-refractivity contribution < 1.29 is 18.1 Å². The van der Waals surface area contributed by atoms with Crippen LogP contribution in [0, 0.1) is 10.1 Å². The van der Waals surface area contributed by atoms with Gasteiger partial charge in [0.1, 0.15) is 9.84 Å². The van der Waals surface area contributed by atoms with Crippen molar-refractivity contribution in [1.29, 1.82) is 0 Å². The Labute approximate surface area is 124 Å². The van der Waals surface area contributed by atoms with Crippen LogP contribution in [-0.2, 0) is 9.84 Å². The molecule has 0 heterocycles. The van der Waals surface area contributed by atoms with E-state index in [2.05, 4.69) is 21.2 Å². The lowest BCUT2D eigenvalue weighted by Gasteiger charge is -2.05. The molecule has 1 N–H and O–H groups in total. The first-order valence-electron chi connectivity index (χ1n) is 5.60. The number of hydrogen-bond donors (Lipinski definition) is 1. The van der Waals surface area contributed by atoms with Gasteiger partial charge in [0.15, 0.2) is 0 Å². The monoisotopic (exact) mass is 364 g/mol. The Morgan fingerprint density at radius 2 is 2.10 bits per heavy atom. The highest BCUT2D eigenvalue weighted by Crippen LogP contribution is 2.25. The Morgan fingerprint density at radius 1 is 1.45 bits per heavy atom. The van der Waals surface area contributed by atoms with E-state index in [0.29, 0.717) is 6.42 Å². The second-order valence-corrected chi connectivity index (χ2v) is 7.28. The van der Waals surface area contributed by atoms with E-state index in [-0.39, 0.29) is 28.0 Å². The number of nitrogens with zero attached hydrogens (tertiary/aromatic N) is 1. The van der Waals surface area contributed by atoms with Crippen molar-refractivity contribution in [2.45, 2.75) is 6.42 Å². The van der Waals surface area contributed by atoms with Gasteiger partial charge < -0.3 is 5.32 Å². The van der Waals surface area contributed by atoms with Crippen LogP contribution in [0.2, 0.25) is 0 Å². The summed E-state index contributed by atoms with van der Waals surface area (Å²) in [6.07, 6.45) is 1.41. The number of carbonyl (C=O) groups excluding carboxylic acids is 1. The molecule has 0 aromatic heterocycles. The van der Waals surface area contributed by atoms with Gasteiger partial charge in [-0.1, -0.05) is 0 Å². The molecule has 1 rings (SSSR count). The van der Waals surface area contributed by atoms with Gasteiger partial charge >= 0.3 is 0 Å². The van der Waals surface area contributed by atoms with Gasteiger partial charge in [0.05, 0.1) is 15.1 Å². The molecule has 110 valence electrons. The van der Waals surface area contributed by atoms with Gasteiger partial charge in [0, 0.05) is 24.4 Å². The minimum Gasteiger partial charge on any atom is -0.352 e. The van der Waals surface area contributed by atoms with Crippen molar-refractivity contribution in [3.63, 3.8) is 0 Å². The summed E-state index contributed by atoms with van der Waals surface area (Å²) in [7, 11) is -3.06. The van der Waals surface area contributed by atoms with E-state index in [1.165, 1.54) is 12.1 Å². The molecule has 0 aliphatic heterocycles. The fraction of sp³-hybridized carbons (Fsp3) is 0.364. The van der Waals surface area contributed by atoms with E-state index in [1.54, 1.807) is 0 Å². The third-order valence-corrected chi connectivity index (χ3v) is 4.08. The van der Waals surface area contributed by atoms with Crippen LogP contribution in [0.5, 0.6) is 0 Å². The summed E-state index contributed by atoms with van der Waals surface area (Å²) in [5.74, 6) is -0.498. The van der Waals surface area contributed by atoms with E-state index in [0.717, 1.165) is 12.3 Å². The number of amides is 1. The predicted octanol–water partition coefficient (Wildman–Crippen LogP) is 1.52.